The normalized spacial score (nSPS) is 20.8. The molecule has 1 spiro atoms. The third-order valence-corrected chi connectivity index (χ3v) is 6.24. The van der Waals surface area contributed by atoms with Gasteiger partial charge in [0.05, 0.1) is 18.0 Å². The van der Waals surface area contributed by atoms with Gasteiger partial charge in [0.15, 0.2) is 0 Å². The summed E-state index contributed by atoms with van der Waals surface area (Å²) in [6.45, 7) is 4.00. The van der Waals surface area contributed by atoms with Crippen molar-refractivity contribution in [1.29, 1.82) is 0 Å². The summed E-state index contributed by atoms with van der Waals surface area (Å²) >= 11 is 1.26. The van der Waals surface area contributed by atoms with Gasteiger partial charge in [0.1, 0.15) is 5.75 Å². The van der Waals surface area contributed by atoms with Crippen LogP contribution in [0.3, 0.4) is 0 Å². The molecule has 7 heteroatoms. The molecule has 3 amide bonds. The van der Waals surface area contributed by atoms with Crippen LogP contribution in [-0.2, 0) is 19.3 Å². The number of benzene rings is 2. The first kappa shape index (κ1) is 18.6. The highest BCUT2D eigenvalue weighted by Gasteiger charge is 2.61. The van der Waals surface area contributed by atoms with E-state index in [1.807, 2.05) is 19.1 Å². The SMILES string of the molecule is CCCOc1ccc(N2C(=O)CS[C@]23C(=O)N(C(C)=O)c2ccccc23)cc1. The quantitative estimate of drug-likeness (QED) is 0.793. The van der Waals surface area contributed by atoms with E-state index in [1.165, 1.54) is 28.5 Å². The van der Waals surface area contributed by atoms with Crippen molar-refractivity contribution in [1.82, 2.24) is 0 Å². The Bertz CT molecular complexity index is 959. The van der Waals surface area contributed by atoms with Gasteiger partial charge >= 0.3 is 0 Å². The van der Waals surface area contributed by atoms with Crippen LogP contribution in [0.2, 0.25) is 0 Å². The van der Waals surface area contributed by atoms with Crippen molar-refractivity contribution >= 4 is 40.9 Å². The fraction of sp³-hybridized carbons (Fsp3) is 0.286. The van der Waals surface area contributed by atoms with Crippen LogP contribution in [0.4, 0.5) is 11.4 Å². The molecule has 2 aliphatic rings. The minimum atomic E-state index is -1.26. The van der Waals surface area contributed by atoms with E-state index in [-0.39, 0.29) is 17.6 Å². The fourth-order valence-corrected chi connectivity index (χ4v) is 5.05. The van der Waals surface area contributed by atoms with Gasteiger partial charge in [-0.25, -0.2) is 4.90 Å². The molecular formula is C21H20N2O4S. The second-order valence-electron chi connectivity index (χ2n) is 6.68. The summed E-state index contributed by atoms with van der Waals surface area (Å²) in [5.41, 5.74) is 1.81. The maximum absolute atomic E-state index is 13.4. The number of carbonyl (C=O) groups is 3. The van der Waals surface area contributed by atoms with Crippen LogP contribution in [0.1, 0.15) is 25.8 Å². The maximum atomic E-state index is 13.4. The van der Waals surface area contributed by atoms with Crippen LogP contribution in [0.5, 0.6) is 5.75 Å². The number of imide groups is 1. The molecule has 2 aliphatic heterocycles. The predicted molar refractivity (Wildman–Crippen MR) is 108 cm³/mol. The largest absolute Gasteiger partial charge is 0.494 e. The van der Waals surface area contributed by atoms with Gasteiger partial charge in [-0.3, -0.25) is 19.3 Å². The van der Waals surface area contributed by atoms with Crippen LogP contribution >= 0.6 is 11.8 Å². The first-order valence-corrected chi connectivity index (χ1v) is 10.1. The molecular weight excluding hydrogens is 376 g/mol. The van der Waals surface area contributed by atoms with Gasteiger partial charge in [0.25, 0.3) is 5.91 Å². The Hall–Kier alpha value is -2.80. The molecule has 2 aromatic rings. The fourth-order valence-electron chi connectivity index (χ4n) is 3.71. The molecule has 0 aliphatic carbocycles. The van der Waals surface area contributed by atoms with Gasteiger partial charge in [-0.2, -0.15) is 0 Å². The molecule has 1 saturated heterocycles. The topological polar surface area (TPSA) is 66.9 Å². The van der Waals surface area contributed by atoms with E-state index in [2.05, 4.69) is 0 Å². The van der Waals surface area contributed by atoms with Gasteiger partial charge in [0.2, 0.25) is 16.7 Å². The van der Waals surface area contributed by atoms with E-state index < -0.39 is 10.8 Å². The van der Waals surface area contributed by atoms with E-state index in [4.69, 9.17) is 4.74 Å². The molecule has 6 nitrogen and oxygen atoms in total. The Balaban J connectivity index is 1.81. The van der Waals surface area contributed by atoms with E-state index in [0.717, 1.165) is 6.42 Å². The number of ether oxygens (including phenoxy) is 1. The number of hydrogen-bond donors (Lipinski definition) is 0. The Morgan fingerprint density at radius 2 is 1.86 bits per heavy atom. The second kappa shape index (κ2) is 6.98. The highest BCUT2D eigenvalue weighted by molar-refractivity contribution is 8.02. The van der Waals surface area contributed by atoms with Crippen LogP contribution in [0.25, 0.3) is 0 Å². The molecule has 144 valence electrons. The number of fused-ring (bicyclic) bond motifs is 2. The zero-order valence-corrected chi connectivity index (χ0v) is 16.5. The molecule has 4 rings (SSSR count). The average molecular weight is 396 g/mol. The van der Waals surface area contributed by atoms with Gasteiger partial charge in [-0.05, 0) is 36.8 Å². The Labute approximate surface area is 167 Å². The maximum Gasteiger partial charge on any atom is 0.275 e. The number of amides is 3. The lowest BCUT2D eigenvalue weighted by atomic mass is 10.0. The van der Waals surface area contributed by atoms with Crippen LogP contribution in [-0.4, -0.2) is 30.1 Å². The number of rotatable bonds is 4. The number of thioether (sulfide) groups is 1. The van der Waals surface area contributed by atoms with Gasteiger partial charge in [-0.1, -0.05) is 25.1 Å². The van der Waals surface area contributed by atoms with Gasteiger partial charge in [0, 0.05) is 18.2 Å². The van der Waals surface area contributed by atoms with E-state index >= 15 is 0 Å². The summed E-state index contributed by atoms with van der Waals surface area (Å²) in [5, 5.41) is 0. The standard InChI is InChI=1S/C21H20N2O4S/c1-3-12-27-16-10-8-15(9-11-16)23-19(25)13-28-21(23)17-6-4-5-7-18(17)22(14(2)24)20(21)26/h4-11H,3,12-13H2,1-2H3/t21-/m1/s1. The van der Waals surface area contributed by atoms with Crippen molar-refractivity contribution in [2.75, 3.05) is 22.2 Å². The number of carbonyl (C=O) groups excluding carboxylic acids is 3. The third-order valence-electron chi connectivity index (χ3n) is 4.85. The molecule has 28 heavy (non-hydrogen) atoms. The first-order chi connectivity index (χ1) is 13.5. The Kier molecular flexibility index (Phi) is 4.63. The molecule has 0 aromatic heterocycles. The van der Waals surface area contributed by atoms with Gasteiger partial charge < -0.3 is 4.74 Å². The molecule has 0 bridgehead atoms. The van der Waals surface area contributed by atoms with Crippen LogP contribution < -0.4 is 14.5 Å². The van der Waals surface area contributed by atoms with Crippen molar-refractivity contribution in [3.05, 3.63) is 54.1 Å². The minimum Gasteiger partial charge on any atom is -0.494 e. The number of anilines is 2. The number of nitrogens with zero attached hydrogens (tertiary/aromatic N) is 2. The third kappa shape index (κ3) is 2.61. The Morgan fingerprint density at radius 3 is 2.54 bits per heavy atom. The summed E-state index contributed by atoms with van der Waals surface area (Å²) in [6, 6.07) is 14.3. The van der Waals surface area contributed by atoms with Crippen molar-refractivity contribution in [3.8, 4) is 5.75 Å². The molecule has 0 radical (unpaired) electrons. The predicted octanol–water partition coefficient (Wildman–Crippen LogP) is 3.30. The molecule has 1 fully saturated rings. The second-order valence-corrected chi connectivity index (χ2v) is 7.85. The summed E-state index contributed by atoms with van der Waals surface area (Å²) in [7, 11) is 0. The highest BCUT2D eigenvalue weighted by atomic mass is 32.2. The molecule has 1 atom stereocenters. The summed E-state index contributed by atoms with van der Waals surface area (Å²) in [5.74, 6) is -0.0518. The van der Waals surface area contributed by atoms with E-state index in [0.29, 0.717) is 29.3 Å². The lowest BCUT2D eigenvalue weighted by Crippen LogP contribution is -2.50. The summed E-state index contributed by atoms with van der Waals surface area (Å²) < 4.78 is 5.61. The molecule has 0 unspecified atom stereocenters. The monoisotopic (exact) mass is 396 g/mol. The van der Waals surface area contributed by atoms with Crippen molar-refractivity contribution in [3.63, 3.8) is 0 Å². The minimum absolute atomic E-state index is 0.166. The smallest absolute Gasteiger partial charge is 0.275 e. The van der Waals surface area contributed by atoms with Crippen LogP contribution in [0.15, 0.2) is 48.5 Å². The molecule has 2 aromatic carbocycles. The molecule has 0 N–H and O–H groups in total. The van der Waals surface area contributed by atoms with Crippen molar-refractivity contribution in [2.45, 2.75) is 25.1 Å². The highest BCUT2D eigenvalue weighted by Crippen LogP contribution is 2.55. The van der Waals surface area contributed by atoms with E-state index in [1.54, 1.807) is 36.4 Å². The zero-order valence-electron chi connectivity index (χ0n) is 15.7. The first-order valence-electron chi connectivity index (χ1n) is 9.15. The van der Waals surface area contributed by atoms with Gasteiger partial charge in [-0.15, -0.1) is 11.8 Å². The lowest BCUT2D eigenvalue weighted by Gasteiger charge is -2.33. The summed E-state index contributed by atoms with van der Waals surface area (Å²) in [4.78, 5) is 39.9. The zero-order chi connectivity index (χ0) is 19.9. The number of hydrogen-bond acceptors (Lipinski definition) is 5. The molecule has 0 saturated carbocycles. The number of para-hydroxylation sites is 1. The van der Waals surface area contributed by atoms with E-state index in [9.17, 15) is 14.4 Å². The van der Waals surface area contributed by atoms with Crippen molar-refractivity contribution < 1.29 is 19.1 Å². The van der Waals surface area contributed by atoms with Crippen LogP contribution in [0, 0.1) is 0 Å². The van der Waals surface area contributed by atoms with Crippen molar-refractivity contribution in [2.24, 2.45) is 0 Å². The average Bonchev–Trinajstić information content (AvgIpc) is 3.17. The Morgan fingerprint density at radius 1 is 1.14 bits per heavy atom. The summed E-state index contributed by atoms with van der Waals surface area (Å²) in [6.07, 6.45) is 0.901. The lowest BCUT2D eigenvalue weighted by molar-refractivity contribution is -0.128. The molecule has 2 heterocycles.